The average molecular weight is 457 g/mol. The van der Waals surface area contributed by atoms with Gasteiger partial charge in [0.15, 0.2) is 5.13 Å². The zero-order valence-electron chi connectivity index (χ0n) is 13.4. The minimum Gasteiger partial charge on any atom is -0.332 e. The molecule has 0 fully saturated rings. The fourth-order valence-corrected chi connectivity index (χ4v) is 3.31. The number of thiazole rings is 1. The van der Waals surface area contributed by atoms with Crippen LogP contribution in [0.25, 0.3) is 11.3 Å². The molecule has 1 heterocycles. The van der Waals surface area contributed by atoms with Crippen molar-refractivity contribution in [1.29, 1.82) is 0 Å². The summed E-state index contributed by atoms with van der Waals surface area (Å²) in [6.07, 6.45) is -9.85. The number of alkyl halides is 6. The molecule has 3 aromatic rings. The summed E-state index contributed by atoms with van der Waals surface area (Å²) in [5.41, 5.74) is -2.16. The van der Waals surface area contributed by atoms with Gasteiger partial charge in [0.1, 0.15) is 0 Å². The van der Waals surface area contributed by atoms with E-state index in [9.17, 15) is 26.3 Å². The van der Waals surface area contributed by atoms with Gasteiger partial charge in [-0.15, -0.1) is 11.3 Å². The van der Waals surface area contributed by atoms with E-state index in [2.05, 4.69) is 10.3 Å². The van der Waals surface area contributed by atoms with E-state index >= 15 is 0 Å². The topological polar surface area (TPSA) is 24.9 Å². The number of hydrogen-bond donors (Lipinski definition) is 1. The molecule has 0 amide bonds. The molecule has 2 nitrogen and oxygen atoms in total. The maximum Gasteiger partial charge on any atom is 0.416 e. The van der Waals surface area contributed by atoms with Crippen molar-refractivity contribution in [3.05, 3.63) is 63.0 Å². The van der Waals surface area contributed by atoms with Crippen LogP contribution in [0.15, 0.2) is 41.8 Å². The lowest BCUT2D eigenvalue weighted by Crippen LogP contribution is -2.11. The summed E-state index contributed by atoms with van der Waals surface area (Å²) < 4.78 is 77.6. The van der Waals surface area contributed by atoms with Crippen LogP contribution in [0.2, 0.25) is 10.0 Å². The molecule has 11 heteroatoms. The number of halogens is 8. The van der Waals surface area contributed by atoms with Gasteiger partial charge in [-0.2, -0.15) is 26.3 Å². The first-order chi connectivity index (χ1) is 12.9. The van der Waals surface area contributed by atoms with Crippen LogP contribution in [0.1, 0.15) is 11.1 Å². The van der Waals surface area contributed by atoms with Gasteiger partial charge in [0.05, 0.1) is 26.9 Å². The largest absolute Gasteiger partial charge is 0.416 e. The number of anilines is 2. The zero-order valence-corrected chi connectivity index (χ0v) is 15.7. The minimum atomic E-state index is -4.92. The molecule has 1 N–H and O–H groups in total. The molecule has 2 aromatic carbocycles. The Kier molecular flexibility index (Phi) is 5.53. The summed E-state index contributed by atoms with van der Waals surface area (Å²) in [6, 6.07) is 5.99. The number of nitrogens with zero attached hydrogens (tertiary/aromatic N) is 1. The first kappa shape index (κ1) is 20.8. The van der Waals surface area contributed by atoms with Crippen molar-refractivity contribution in [1.82, 2.24) is 4.98 Å². The van der Waals surface area contributed by atoms with Crippen LogP contribution in [0.3, 0.4) is 0 Å². The molecule has 1 aromatic heterocycles. The van der Waals surface area contributed by atoms with Crippen LogP contribution in [0, 0.1) is 0 Å². The van der Waals surface area contributed by atoms with Crippen LogP contribution in [-0.4, -0.2) is 4.98 Å². The second-order valence-corrected chi connectivity index (χ2v) is 7.26. The van der Waals surface area contributed by atoms with Gasteiger partial charge in [0.2, 0.25) is 0 Å². The summed E-state index contributed by atoms with van der Waals surface area (Å²) in [5, 5.41) is 4.82. The van der Waals surface area contributed by atoms with Crippen LogP contribution >= 0.6 is 34.5 Å². The van der Waals surface area contributed by atoms with E-state index in [0.717, 1.165) is 11.3 Å². The number of nitrogens with one attached hydrogen (secondary N) is 1. The molecule has 0 bridgehead atoms. The van der Waals surface area contributed by atoms with Crippen molar-refractivity contribution in [3.63, 3.8) is 0 Å². The number of rotatable bonds is 3. The van der Waals surface area contributed by atoms with E-state index in [1.54, 1.807) is 23.6 Å². The summed E-state index contributed by atoms with van der Waals surface area (Å²) in [6.45, 7) is 0. The highest BCUT2D eigenvalue weighted by atomic mass is 35.5. The van der Waals surface area contributed by atoms with Gasteiger partial charge < -0.3 is 5.32 Å². The normalized spacial score (nSPS) is 12.3. The van der Waals surface area contributed by atoms with Gasteiger partial charge in [-0.1, -0.05) is 29.3 Å². The Balaban J connectivity index is 1.93. The predicted octanol–water partition coefficient (Wildman–Crippen LogP) is 7.90. The maximum absolute atomic E-state index is 12.9. The molecule has 0 saturated heterocycles. The molecular weight excluding hydrogens is 449 g/mol. The minimum absolute atomic E-state index is 0.0637. The molecule has 148 valence electrons. The predicted molar refractivity (Wildman–Crippen MR) is 97.3 cm³/mol. The third-order valence-corrected chi connectivity index (χ3v) is 5.06. The lowest BCUT2D eigenvalue weighted by molar-refractivity contribution is -0.143. The molecular formula is C17H8Cl2F6N2S. The first-order valence-electron chi connectivity index (χ1n) is 7.41. The Bertz CT molecular complexity index is 981. The van der Waals surface area contributed by atoms with E-state index in [1.165, 1.54) is 0 Å². The van der Waals surface area contributed by atoms with Gasteiger partial charge in [0, 0.05) is 16.6 Å². The SMILES string of the molecule is FC(F)(F)c1cc(Nc2nc(-c3ccc(Cl)c(Cl)c3)cs2)cc(C(F)(F)F)c1. The van der Waals surface area contributed by atoms with Crippen molar-refractivity contribution >= 4 is 45.4 Å². The standard InChI is InChI=1S/C17H8Cl2F6N2S/c18-12-2-1-8(3-13(12)19)14-7-28-15(27-14)26-11-5-9(16(20,21)22)4-10(6-11)17(23,24)25/h1-7H,(H,26,27). The number of benzene rings is 2. The fourth-order valence-electron chi connectivity index (χ4n) is 2.27. The van der Waals surface area contributed by atoms with Crippen molar-refractivity contribution < 1.29 is 26.3 Å². The third-order valence-electron chi connectivity index (χ3n) is 3.56. The Morgan fingerprint density at radius 2 is 1.43 bits per heavy atom. The highest BCUT2D eigenvalue weighted by Crippen LogP contribution is 2.39. The quantitative estimate of drug-likeness (QED) is 0.405. The monoisotopic (exact) mass is 456 g/mol. The zero-order chi connectivity index (χ0) is 20.7. The number of hydrogen-bond acceptors (Lipinski definition) is 3. The second-order valence-electron chi connectivity index (χ2n) is 5.59. The summed E-state index contributed by atoms with van der Waals surface area (Å²) in [7, 11) is 0. The van der Waals surface area contributed by atoms with Gasteiger partial charge in [-0.25, -0.2) is 4.98 Å². The summed E-state index contributed by atoms with van der Waals surface area (Å²) in [4.78, 5) is 4.17. The average Bonchev–Trinajstić information content (AvgIpc) is 3.04. The Labute approximate surface area is 168 Å². The molecule has 0 spiro atoms. The van der Waals surface area contributed by atoms with Gasteiger partial charge in [-0.3, -0.25) is 0 Å². The van der Waals surface area contributed by atoms with Crippen molar-refractivity contribution in [2.24, 2.45) is 0 Å². The molecule has 0 aliphatic heterocycles. The van der Waals surface area contributed by atoms with Crippen LogP contribution < -0.4 is 5.32 Å². The van der Waals surface area contributed by atoms with E-state index in [0.29, 0.717) is 28.4 Å². The van der Waals surface area contributed by atoms with Gasteiger partial charge >= 0.3 is 12.4 Å². The molecule has 0 radical (unpaired) electrons. The third kappa shape index (κ3) is 4.71. The number of aromatic nitrogens is 1. The summed E-state index contributed by atoms with van der Waals surface area (Å²) >= 11 is 12.8. The van der Waals surface area contributed by atoms with Crippen molar-refractivity contribution in [2.45, 2.75) is 12.4 Å². The molecule has 0 unspecified atom stereocenters. The molecule has 0 saturated carbocycles. The molecule has 28 heavy (non-hydrogen) atoms. The maximum atomic E-state index is 12.9. The lowest BCUT2D eigenvalue weighted by atomic mass is 10.1. The fraction of sp³-hybridized carbons (Fsp3) is 0.118. The Hall–Kier alpha value is -1.97. The van der Waals surface area contributed by atoms with Crippen LogP contribution in [0.5, 0.6) is 0 Å². The van der Waals surface area contributed by atoms with E-state index < -0.39 is 23.5 Å². The van der Waals surface area contributed by atoms with E-state index in [4.69, 9.17) is 23.2 Å². The summed E-state index contributed by atoms with van der Waals surface area (Å²) in [5.74, 6) is 0. The lowest BCUT2D eigenvalue weighted by Gasteiger charge is -2.14. The second kappa shape index (κ2) is 7.46. The van der Waals surface area contributed by atoms with Crippen LogP contribution in [0.4, 0.5) is 37.2 Å². The van der Waals surface area contributed by atoms with Gasteiger partial charge in [-0.05, 0) is 30.3 Å². The van der Waals surface area contributed by atoms with Gasteiger partial charge in [0.25, 0.3) is 0 Å². The van der Waals surface area contributed by atoms with E-state index in [-0.39, 0.29) is 21.9 Å². The molecule has 0 aliphatic rings. The Morgan fingerprint density at radius 1 is 0.821 bits per heavy atom. The van der Waals surface area contributed by atoms with Crippen LogP contribution in [-0.2, 0) is 12.4 Å². The highest BCUT2D eigenvalue weighted by Gasteiger charge is 2.37. The van der Waals surface area contributed by atoms with Crippen molar-refractivity contribution in [3.8, 4) is 11.3 Å². The van der Waals surface area contributed by atoms with Crippen molar-refractivity contribution in [2.75, 3.05) is 5.32 Å². The molecule has 0 atom stereocenters. The molecule has 3 rings (SSSR count). The first-order valence-corrected chi connectivity index (χ1v) is 9.04. The van der Waals surface area contributed by atoms with E-state index in [1.807, 2.05) is 0 Å². The molecule has 0 aliphatic carbocycles. The Morgan fingerprint density at radius 3 is 1.96 bits per heavy atom. The highest BCUT2D eigenvalue weighted by molar-refractivity contribution is 7.14. The smallest absolute Gasteiger partial charge is 0.332 e.